The summed E-state index contributed by atoms with van der Waals surface area (Å²) in [6.07, 6.45) is -0.677. The number of hydrogen-bond acceptors (Lipinski definition) is 16. The van der Waals surface area contributed by atoms with Gasteiger partial charge in [-0.1, -0.05) is 58.4 Å². The molecule has 2 fully saturated rings. The van der Waals surface area contributed by atoms with Gasteiger partial charge < -0.3 is 63.4 Å². The Kier molecular flexibility index (Phi) is 22.4. The SMILES string of the molecule is CCCCNCCC1C[C@@H](C)[C@@H](O)/C=C/C=C/C[C@@H](C)OC(=O)CC(OC(C)=O)[C@H](OC)[C@H]1O[C@@H]1O[C@H](C)[C@@H](O[C@H]2C[C@@](C)(O)[C@@H](OC(=O)CC(C)C)[C@H](C)O2)[C@H](N(C)C)[C@H]1O. The van der Waals surface area contributed by atoms with Crippen molar-refractivity contribution in [3.8, 4) is 0 Å². The van der Waals surface area contributed by atoms with Crippen molar-refractivity contribution in [1.29, 1.82) is 0 Å². The molecule has 0 aromatic carbocycles. The van der Waals surface area contributed by atoms with Crippen molar-refractivity contribution >= 4 is 17.9 Å². The summed E-state index contributed by atoms with van der Waals surface area (Å²) in [7, 11) is 5.05. The van der Waals surface area contributed by atoms with Crippen LogP contribution < -0.4 is 5.32 Å². The molecule has 4 N–H and O–H groups in total. The van der Waals surface area contributed by atoms with E-state index in [2.05, 4.69) is 12.2 Å². The predicted octanol–water partition coefficient (Wildman–Crippen LogP) is 4.20. The molecule has 0 aromatic heterocycles. The van der Waals surface area contributed by atoms with Crippen LogP contribution in [0, 0.1) is 17.8 Å². The van der Waals surface area contributed by atoms with Crippen LogP contribution in [0.25, 0.3) is 0 Å². The minimum atomic E-state index is -1.48. The quantitative estimate of drug-likeness (QED) is 0.0976. The molecule has 0 amide bonds. The minimum absolute atomic E-state index is 0.0177. The van der Waals surface area contributed by atoms with Gasteiger partial charge in [0.15, 0.2) is 18.7 Å². The van der Waals surface area contributed by atoms with E-state index in [1.54, 1.807) is 53.9 Å². The number of hydrogen-bond donors (Lipinski definition) is 4. The van der Waals surface area contributed by atoms with Crippen molar-refractivity contribution in [3.63, 3.8) is 0 Å². The van der Waals surface area contributed by atoms with Gasteiger partial charge in [0.1, 0.15) is 36.1 Å². The van der Waals surface area contributed by atoms with Gasteiger partial charge in [-0.2, -0.15) is 0 Å². The zero-order valence-electron chi connectivity index (χ0n) is 39.4. The van der Waals surface area contributed by atoms with E-state index in [9.17, 15) is 29.7 Å². The number of allylic oxidation sites excluding steroid dienone is 2. The number of likely N-dealkylation sites (N-methyl/N-ethyl adjacent to an activating group) is 1. The molecule has 16 nitrogen and oxygen atoms in total. The second-order valence-corrected chi connectivity index (χ2v) is 18.5. The third-order valence-electron chi connectivity index (χ3n) is 11.9. The number of carbonyl (C=O) groups is 3. The van der Waals surface area contributed by atoms with E-state index < -0.39 is 103 Å². The first-order valence-electron chi connectivity index (χ1n) is 22.7. The lowest BCUT2D eigenvalue weighted by atomic mass is 9.82. The number of esters is 3. The van der Waals surface area contributed by atoms with Crippen molar-refractivity contribution < 1.29 is 67.6 Å². The third kappa shape index (κ3) is 16.5. The molecule has 0 aromatic rings. The molecule has 16 heteroatoms. The maximum Gasteiger partial charge on any atom is 0.309 e. The zero-order chi connectivity index (χ0) is 46.3. The number of nitrogens with zero attached hydrogens (tertiary/aromatic N) is 1. The van der Waals surface area contributed by atoms with Crippen LogP contribution >= 0.6 is 0 Å². The van der Waals surface area contributed by atoms with E-state index in [0.717, 1.165) is 19.4 Å². The van der Waals surface area contributed by atoms with Crippen molar-refractivity contribution in [2.75, 3.05) is 34.3 Å². The lowest BCUT2D eigenvalue weighted by Gasteiger charge is -2.50. The fraction of sp³-hybridized carbons (Fsp3) is 0.848. The molecule has 0 bridgehead atoms. The maximum absolute atomic E-state index is 13.4. The molecule has 2 saturated heterocycles. The van der Waals surface area contributed by atoms with Crippen molar-refractivity contribution in [2.45, 2.75) is 199 Å². The van der Waals surface area contributed by atoms with Gasteiger partial charge in [0.25, 0.3) is 0 Å². The summed E-state index contributed by atoms with van der Waals surface area (Å²) in [6.45, 7) is 17.4. The number of rotatable bonds is 16. The highest BCUT2D eigenvalue weighted by atomic mass is 16.7. The van der Waals surface area contributed by atoms with Crippen LogP contribution in [0.5, 0.6) is 0 Å². The Labute approximate surface area is 370 Å². The fourth-order valence-electron chi connectivity index (χ4n) is 8.72. The van der Waals surface area contributed by atoms with Crippen LogP contribution in [-0.4, -0.2) is 158 Å². The molecule has 0 radical (unpaired) electrons. The lowest BCUT2D eigenvalue weighted by Crippen LogP contribution is -2.66. The van der Waals surface area contributed by atoms with E-state index in [4.69, 9.17) is 37.9 Å². The molecule has 3 rings (SSSR count). The van der Waals surface area contributed by atoms with Crippen molar-refractivity contribution in [2.24, 2.45) is 17.8 Å². The van der Waals surface area contributed by atoms with Crippen LogP contribution in [0.3, 0.4) is 0 Å². The standard InChI is InChI=1S/C46H80N2O14/c1-13-14-21-47-22-20-33-24-28(4)34(50)19-17-15-16-18-29(5)56-37(52)25-35(59-32(8)49)43(55-12)42(33)62-45-40(53)39(48(10)11)41(30(6)58-45)61-38-26-46(9,54)44(31(7)57-38)60-36(51)23-27(2)3/h15-17,19,27-31,33-35,38-45,47,50,53-54H,13-14,18,20-26H2,1-12H3/b16-15+,19-17+/t28-,29-,30-,31+,33?,34+,35?,38+,39-,40-,41-,42+,43+,44+,45+,46-/m1/s1. The summed E-state index contributed by atoms with van der Waals surface area (Å²) >= 11 is 0. The summed E-state index contributed by atoms with van der Waals surface area (Å²) in [5, 5.41) is 38.6. The molecule has 62 heavy (non-hydrogen) atoms. The number of aliphatic hydroxyl groups is 3. The van der Waals surface area contributed by atoms with Gasteiger partial charge in [0, 0.05) is 33.3 Å². The first-order chi connectivity index (χ1) is 29.2. The normalized spacial score (nSPS) is 38.9. The van der Waals surface area contributed by atoms with E-state index in [1.807, 2.05) is 37.8 Å². The predicted molar refractivity (Wildman–Crippen MR) is 232 cm³/mol. The van der Waals surface area contributed by atoms with Gasteiger partial charge in [0.05, 0.1) is 36.9 Å². The molecule has 358 valence electrons. The van der Waals surface area contributed by atoms with E-state index in [1.165, 1.54) is 14.0 Å². The molecular formula is C46H80N2O14. The maximum atomic E-state index is 13.4. The highest BCUT2D eigenvalue weighted by Gasteiger charge is 2.53. The van der Waals surface area contributed by atoms with Crippen LogP contribution in [0.1, 0.15) is 114 Å². The van der Waals surface area contributed by atoms with Crippen molar-refractivity contribution in [1.82, 2.24) is 10.2 Å². The Bertz CT molecular complexity index is 1430. The van der Waals surface area contributed by atoms with Crippen LogP contribution in [-0.2, 0) is 52.3 Å². The first-order valence-corrected chi connectivity index (χ1v) is 22.7. The number of ether oxygens (including phenoxy) is 8. The minimum Gasteiger partial charge on any atom is -0.462 e. The first kappa shape index (κ1) is 53.8. The summed E-state index contributed by atoms with van der Waals surface area (Å²) in [5.74, 6) is -2.22. The summed E-state index contributed by atoms with van der Waals surface area (Å²) in [5.41, 5.74) is -1.48. The Morgan fingerprint density at radius 2 is 1.71 bits per heavy atom. The number of methoxy groups -OCH3 is 1. The second kappa shape index (κ2) is 25.8. The summed E-state index contributed by atoms with van der Waals surface area (Å²) in [4.78, 5) is 40.5. The lowest BCUT2D eigenvalue weighted by molar-refractivity contribution is -0.344. The Hall–Kier alpha value is -2.51. The molecular weight excluding hydrogens is 805 g/mol. The molecule has 0 spiro atoms. The van der Waals surface area contributed by atoms with Gasteiger partial charge in [-0.25, -0.2) is 0 Å². The highest BCUT2D eigenvalue weighted by Crippen LogP contribution is 2.38. The van der Waals surface area contributed by atoms with E-state index in [-0.39, 0.29) is 37.0 Å². The van der Waals surface area contributed by atoms with Gasteiger partial charge in [-0.3, -0.25) is 14.4 Å². The number of carbonyl (C=O) groups excluding carboxylic acids is 3. The molecule has 3 aliphatic heterocycles. The largest absolute Gasteiger partial charge is 0.462 e. The van der Waals surface area contributed by atoms with Crippen LogP contribution in [0.4, 0.5) is 0 Å². The van der Waals surface area contributed by atoms with Crippen LogP contribution in [0.15, 0.2) is 24.3 Å². The van der Waals surface area contributed by atoms with Gasteiger partial charge in [-0.05, 0) is 91.9 Å². The third-order valence-corrected chi connectivity index (χ3v) is 11.9. The zero-order valence-corrected chi connectivity index (χ0v) is 39.4. The number of nitrogens with one attached hydrogen (secondary N) is 1. The highest BCUT2D eigenvalue weighted by molar-refractivity contribution is 5.72. The van der Waals surface area contributed by atoms with Gasteiger partial charge in [0.2, 0.25) is 0 Å². The van der Waals surface area contributed by atoms with Gasteiger partial charge in [-0.15, -0.1) is 0 Å². The molecule has 3 heterocycles. The second-order valence-electron chi connectivity index (χ2n) is 18.5. The van der Waals surface area contributed by atoms with E-state index >= 15 is 0 Å². The van der Waals surface area contributed by atoms with E-state index in [0.29, 0.717) is 25.8 Å². The Balaban J connectivity index is 2.02. The monoisotopic (exact) mass is 885 g/mol. The Morgan fingerprint density at radius 1 is 1.00 bits per heavy atom. The molecule has 2 unspecified atom stereocenters. The average molecular weight is 885 g/mol. The molecule has 0 aliphatic carbocycles. The molecule has 0 saturated carbocycles. The average Bonchev–Trinajstić information content (AvgIpc) is 3.15. The number of unbranched alkanes of at least 4 members (excludes halogenated alkanes) is 1. The van der Waals surface area contributed by atoms with Gasteiger partial charge >= 0.3 is 17.9 Å². The van der Waals surface area contributed by atoms with Crippen LogP contribution in [0.2, 0.25) is 0 Å². The Morgan fingerprint density at radius 3 is 2.32 bits per heavy atom. The molecule has 3 aliphatic rings. The smallest absolute Gasteiger partial charge is 0.309 e. The summed E-state index contributed by atoms with van der Waals surface area (Å²) in [6, 6.07) is -0.727. The fourth-order valence-corrected chi connectivity index (χ4v) is 8.72. The topological polar surface area (TPSA) is 201 Å². The summed E-state index contributed by atoms with van der Waals surface area (Å²) < 4.78 is 49.6. The van der Waals surface area contributed by atoms with Crippen molar-refractivity contribution in [3.05, 3.63) is 24.3 Å². The molecule has 16 atom stereocenters. The number of aliphatic hydroxyl groups excluding tert-OH is 2. The number of cyclic esters (lactones) is 1.